The molecule has 0 fully saturated rings. The molecule has 0 saturated heterocycles. The number of aromatic amines is 1. The number of H-pyrrole nitrogens is 1. The van der Waals surface area contributed by atoms with Crippen molar-refractivity contribution in [1.29, 1.82) is 0 Å². The standard InChI is InChI=1S/C20H16N4O/c1-25-17-5-3-16(4-6-17)22-13-14-2-7-18-19(12-14)24-20(23-18)15-8-10-21-11-9-15/h2-13H,1H3,(H,23,24). The third kappa shape index (κ3) is 3.26. The van der Waals surface area contributed by atoms with Crippen LogP contribution < -0.4 is 4.74 Å². The lowest BCUT2D eigenvalue weighted by molar-refractivity contribution is 0.415. The van der Waals surface area contributed by atoms with E-state index in [1.54, 1.807) is 19.5 Å². The van der Waals surface area contributed by atoms with E-state index in [2.05, 4.69) is 19.9 Å². The summed E-state index contributed by atoms with van der Waals surface area (Å²) < 4.78 is 5.15. The first-order valence-corrected chi connectivity index (χ1v) is 7.90. The van der Waals surface area contributed by atoms with Gasteiger partial charge >= 0.3 is 0 Å². The zero-order chi connectivity index (χ0) is 17.1. The maximum atomic E-state index is 5.15. The summed E-state index contributed by atoms with van der Waals surface area (Å²) in [5, 5.41) is 0. The van der Waals surface area contributed by atoms with E-state index in [9.17, 15) is 0 Å². The molecule has 4 aromatic rings. The molecule has 2 heterocycles. The lowest BCUT2D eigenvalue weighted by atomic mass is 10.2. The lowest BCUT2D eigenvalue weighted by Gasteiger charge is -1.99. The van der Waals surface area contributed by atoms with Gasteiger partial charge in [0.1, 0.15) is 11.6 Å². The van der Waals surface area contributed by atoms with Crippen molar-refractivity contribution in [1.82, 2.24) is 15.0 Å². The topological polar surface area (TPSA) is 63.2 Å². The van der Waals surface area contributed by atoms with E-state index >= 15 is 0 Å². The zero-order valence-electron chi connectivity index (χ0n) is 13.7. The van der Waals surface area contributed by atoms with Gasteiger partial charge in [0.15, 0.2) is 0 Å². The molecule has 0 spiro atoms. The van der Waals surface area contributed by atoms with Gasteiger partial charge in [0.05, 0.1) is 23.8 Å². The van der Waals surface area contributed by atoms with Crippen LogP contribution in [0.5, 0.6) is 5.75 Å². The number of nitrogens with one attached hydrogen (secondary N) is 1. The van der Waals surface area contributed by atoms with Gasteiger partial charge in [-0.2, -0.15) is 0 Å². The summed E-state index contributed by atoms with van der Waals surface area (Å²) in [5.74, 6) is 1.66. The lowest BCUT2D eigenvalue weighted by Crippen LogP contribution is -1.82. The zero-order valence-corrected chi connectivity index (χ0v) is 13.7. The highest BCUT2D eigenvalue weighted by Crippen LogP contribution is 2.21. The van der Waals surface area contributed by atoms with Crippen molar-refractivity contribution in [2.24, 2.45) is 4.99 Å². The second-order valence-electron chi connectivity index (χ2n) is 5.55. The summed E-state index contributed by atoms with van der Waals surface area (Å²) in [7, 11) is 1.65. The Bertz CT molecular complexity index is 1020. The van der Waals surface area contributed by atoms with Crippen molar-refractivity contribution in [2.45, 2.75) is 0 Å². The first kappa shape index (κ1) is 15.1. The number of aliphatic imine (C=N–C) groups is 1. The highest BCUT2D eigenvalue weighted by molar-refractivity contribution is 5.89. The van der Waals surface area contributed by atoms with Crippen molar-refractivity contribution in [3.63, 3.8) is 0 Å². The Morgan fingerprint density at radius 2 is 1.80 bits per heavy atom. The third-order valence-electron chi connectivity index (χ3n) is 3.89. The molecule has 2 aromatic carbocycles. The number of imidazole rings is 1. The van der Waals surface area contributed by atoms with Crippen LogP contribution in [0.3, 0.4) is 0 Å². The molecule has 25 heavy (non-hydrogen) atoms. The fourth-order valence-electron chi connectivity index (χ4n) is 2.57. The Balaban J connectivity index is 1.61. The summed E-state index contributed by atoms with van der Waals surface area (Å²) in [6.07, 6.45) is 5.36. The van der Waals surface area contributed by atoms with Gasteiger partial charge in [-0.25, -0.2) is 4.98 Å². The van der Waals surface area contributed by atoms with Gasteiger partial charge in [0, 0.05) is 24.2 Å². The molecule has 122 valence electrons. The van der Waals surface area contributed by atoms with Crippen molar-refractivity contribution >= 4 is 22.9 Å². The van der Waals surface area contributed by atoms with Crippen molar-refractivity contribution in [2.75, 3.05) is 7.11 Å². The van der Waals surface area contributed by atoms with E-state index in [1.807, 2.05) is 60.8 Å². The average molecular weight is 328 g/mol. The van der Waals surface area contributed by atoms with E-state index in [-0.39, 0.29) is 0 Å². The highest BCUT2D eigenvalue weighted by atomic mass is 16.5. The molecule has 0 aliphatic carbocycles. The van der Waals surface area contributed by atoms with Crippen LogP contribution in [0, 0.1) is 0 Å². The molecule has 5 nitrogen and oxygen atoms in total. The summed E-state index contributed by atoms with van der Waals surface area (Å²) in [5.41, 5.74) is 4.80. The molecule has 1 N–H and O–H groups in total. The molecular formula is C20H16N4O. The molecule has 0 amide bonds. The van der Waals surface area contributed by atoms with Gasteiger partial charge in [-0.3, -0.25) is 9.98 Å². The molecule has 0 bridgehead atoms. The molecule has 0 aliphatic rings. The maximum absolute atomic E-state index is 5.15. The Kier molecular flexibility index (Phi) is 3.96. The molecule has 0 saturated carbocycles. The van der Waals surface area contributed by atoms with E-state index in [4.69, 9.17) is 4.74 Å². The summed E-state index contributed by atoms with van der Waals surface area (Å²) >= 11 is 0. The molecule has 4 rings (SSSR count). The number of hydrogen-bond donors (Lipinski definition) is 1. The van der Waals surface area contributed by atoms with E-state index in [1.165, 1.54) is 0 Å². The van der Waals surface area contributed by atoms with Gasteiger partial charge in [-0.1, -0.05) is 6.07 Å². The summed E-state index contributed by atoms with van der Waals surface area (Å²) in [6, 6.07) is 17.5. The molecule has 5 heteroatoms. The molecular weight excluding hydrogens is 312 g/mol. The quantitative estimate of drug-likeness (QED) is 0.565. The van der Waals surface area contributed by atoms with Crippen molar-refractivity contribution in [3.8, 4) is 17.1 Å². The number of aromatic nitrogens is 3. The monoisotopic (exact) mass is 328 g/mol. The summed E-state index contributed by atoms with van der Waals surface area (Å²) in [4.78, 5) is 16.5. The van der Waals surface area contributed by atoms with Crippen molar-refractivity contribution in [3.05, 3.63) is 72.6 Å². The number of benzene rings is 2. The normalized spacial score (nSPS) is 11.2. The molecule has 0 atom stereocenters. The first-order chi connectivity index (χ1) is 12.3. The minimum absolute atomic E-state index is 0.821. The average Bonchev–Trinajstić information content (AvgIpc) is 3.11. The number of ether oxygens (including phenoxy) is 1. The van der Waals surface area contributed by atoms with Crippen LogP contribution in [0.4, 0.5) is 5.69 Å². The number of nitrogens with zero attached hydrogens (tertiary/aromatic N) is 3. The minimum atomic E-state index is 0.821. The third-order valence-corrected chi connectivity index (χ3v) is 3.89. The SMILES string of the molecule is COc1ccc(N=Cc2ccc3nc(-c4ccncc4)[nH]c3c2)cc1. The van der Waals surface area contributed by atoms with Gasteiger partial charge < -0.3 is 9.72 Å². The Hall–Kier alpha value is -3.47. The van der Waals surface area contributed by atoms with Crippen LogP contribution >= 0.6 is 0 Å². The first-order valence-electron chi connectivity index (χ1n) is 7.90. The highest BCUT2D eigenvalue weighted by Gasteiger charge is 2.05. The second-order valence-corrected chi connectivity index (χ2v) is 5.55. The Morgan fingerprint density at radius 3 is 2.56 bits per heavy atom. The number of hydrogen-bond acceptors (Lipinski definition) is 4. The van der Waals surface area contributed by atoms with Gasteiger partial charge in [-0.05, 0) is 54.1 Å². The summed E-state index contributed by atoms with van der Waals surface area (Å²) in [6.45, 7) is 0. The van der Waals surface area contributed by atoms with Crippen LogP contribution in [0.2, 0.25) is 0 Å². The number of fused-ring (bicyclic) bond motifs is 1. The van der Waals surface area contributed by atoms with Crippen LogP contribution in [-0.2, 0) is 0 Å². The molecule has 0 unspecified atom stereocenters. The van der Waals surface area contributed by atoms with Crippen LogP contribution in [-0.4, -0.2) is 28.3 Å². The number of rotatable bonds is 4. The Labute approximate surface area is 145 Å². The smallest absolute Gasteiger partial charge is 0.138 e. The largest absolute Gasteiger partial charge is 0.497 e. The maximum Gasteiger partial charge on any atom is 0.138 e. The number of methoxy groups -OCH3 is 1. The number of pyridine rings is 1. The van der Waals surface area contributed by atoms with Crippen LogP contribution in [0.1, 0.15) is 5.56 Å². The Morgan fingerprint density at radius 1 is 1.00 bits per heavy atom. The molecule has 0 aliphatic heterocycles. The fraction of sp³-hybridized carbons (Fsp3) is 0.0500. The van der Waals surface area contributed by atoms with Crippen LogP contribution in [0.25, 0.3) is 22.4 Å². The fourth-order valence-corrected chi connectivity index (χ4v) is 2.57. The van der Waals surface area contributed by atoms with Gasteiger partial charge in [0.25, 0.3) is 0 Å². The van der Waals surface area contributed by atoms with Gasteiger partial charge in [0.2, 0.25) is 0 Å². The van der Waals surface area contributed by atoms with E-state index in [0.29, 0.717) is 0 Å². The predicted molar refractivity (Wildman–Crippen MR) is 99.6 cm³/mol. The van der Waals surface area contributed by atoms with E-state index < -0.39 is 0 Å². The second kappa shape index (κ2) is 6.57. The molecule has 2 aromatic heterocycles. The minimum Gasteiger partial charge on any atom is -0.497 e. The molecule has 0 radical (unpaired) electrons. The predicted octanol–water partition coefficient (Wildman–Crippen LogP) is 4.38. The van der Waals surface area contributed by atoms with Crippen LogP contribution in [0.15, 0.2) is 72.0 Å². The van der Waals surface area contributed by atoms with E-state index in [0.717, 1.165) is 39.4 Å². The van der Waals surface area contributed by atoms with Gasteiger partial charge in [-0.15, -0.1) is 0 Å². The van der Waals surface area contributed by atoms with Crippen molar-refractivity contribution < 1.29 is 4.74 Å².